The highest BCUT2D eigenvalue weighted by molar-refractivity contribution is 5.79. The SMILES string of the molecule is O=C(NCC1C2Cc3ccccc3C12)C1CCCC1O. The summed E-state index contributed by atoms with van der Waals surface area (Å²) in [6, 6.07) is 8.69. The summed E-state index contributed by atoms with van der Waals surface area (Å²) in [6.07, 6.45) is 3.34. The molecule has 2 N–H and O–H groups in total. The van der Waals surface area contributed by atoms with Crippen molar-refractivity contribution in [1.82, 2.24) is 5.32 Å². The average molecular weight is 271 g/mol. The van der Waals surface area contributed by atoms with Crippen LogP contribution in [0.3, 0.4) is 0 Å². The zero-order chi connectivity index (χ0) is 13.7. The summed E-state index contributed by atoms with van der Waals surface area (Å²) in [5.41, 5.74) is 2.99. The number of nitrogens with one attached hydrogen (secondary N) is 1. The van der Waals surface area contributed by atoms with E-state index >= 15 is 0 Å². The second-order valence-electron chi connectivity index (χ2n) is 6.61. The zero-order valence-corrected chi connectivity index (χ0v) is 11.6. The third-order valence-corrected chi connectivity index (χ3v) is 5.53. The standard InChI is InChI=1S/C17H21NO2/c19-15-7-3-6-12(15)17(20)18-9-14-13-8-10-4-1-2-5-11(10)16(13)14/h1-2,4-5,12-16,19H,3,6-9H2,(H,18,20). The van der Waals surface area contributed by atoms with E-state index in [1.54, 1.807) is 0 Å². The molecule has 1 aromatic rings. The molecular formula is C17H21NO2. The third-order valence-electron chi connectivity index (χ3n) is 5.53. The van der Waals surface area contributed by atoms with Gasteiger partial charge in [0.05, 0.1) is 12.0 Å². The van der Waals surface area contributed by atoms with E-state index in [0.717, 1.165) is 31.7 Å². The van der Waals surface area contributed by atoms with Gasteiger partial charge in [-0.05, 0) is 54.6 Å². The molecule has 4 rings (SSSR count). The maximum absolute atomic E-state index is 12.1. The Kier molecular flexibility index (Phi) is 2.84. The Morgan fingerprint density at radius 2 is 2.15 bits per heavy atom. The Labute approximate surface area is 119 Å². The van der Waals surface area contributed by atoms with Crippen LogP contribution in [0.25, 0.3) is 0 Å². The quantitative estimate of drug-likeness (QED) is 0.881. The number of carbonyl (C=O) groups excluding carboxylic acids is 1. The minimum atomic E-state index is -0.422. The zero-order valence-electron chi connectivity index (χ0n) is 11.6. The summed E-state index contributed by atoms with van der Waals surface area (Å²) in [6.45, 7) is 0.783. The second kappa shape index (κ2) is 4.59. The van der Waals surface area contributed by atoms with Crippen LogP contribution in [-0.2, 0) is 11.2 Å². The minimum absolute atomic E-state index is 0.0632. The lowest BCUT2D eigenvalue weighted by atomic mass is 10.0. The van der Waals surface area contributed by atoms with Crippen LogP contribution < -0.4 is 5.32 Å². The Hall–Kier alpha value is -1.35. The van der Waals surface area contributed by atoms with Crippen LogP contribution in [0, 0.1) is 17.8 Å². The lowest BCUT2D eigenvalue weighted by Crippen LogP contribution is -2.36. The molecule has 1 amide bonds. The molecule has 0 spiro atoms. The molecule has 2 saturated carbocycles. The molecular weight excluding hydrogens is 250 g/mol. The van der Waals surface area contributed by atoms with Gasteiger partial charge in [0.2, 0.25) is 5.91 Å². The predicted molar refractivity (Wildman–Crippen MR) is 76.2 cm³/mol. The van der Waals surface area contributed by atoms with Crippen molar-refractivity contribution in [3.05, 3.63) is 35.4 Å². The van der Waals surface area contributed by atoms with Crippen molar-refractivity contribution in [2.45, 2.75) is 37.7 Å². The normalized spacial score (nSPS) is 37.4. The maximum atomic E-state index is 12.1. The molecule has 0 heterocycles. The second-order valence-corrected chi connectivity index (χ2v) is 6.61. The number of amides is 1. The Morgan fingerprint density at radius 3 is 2.95 bits per heavy atom. The maximum Gasteiger partial charge on any atom is 0.225 e. The van der Waals surface area contributed by atoms with E-state index in [1.165, 1.54) is 17.5 Å². The number of carbonyl (C=O) groups is 1. The number of hydrogen-bond donors (Lipinski definition) is 2. The molecule has 0 bridgehead atoms. The van der Waals surface area contributed by atoms with Gasteiger partial charge in [-0.3, -0.25) is 4.79 Å². The van der Waals surface area contributed by atoms with Gasteiger partial charge in [-0.2, -0.15) is 0 Å². The van der Waals surface area contributed by atoms with Crippen LogP contribution in [0.2, 0.25) is 0 Å². The average Bonchev–Trinajstić information content (AvgIpc) is 2.81. The molecule has 0 aromatic heterocycles. The molecule has 3 nitrogen and oxygen atoms in total. The smallest absolute Gasteiger partial charge is 0.225 e. The van der Waals surface area contributed by atoms with Gasteiger partial charge in [0.1, 0.15) is 0 Å². The van der Waals surface area contributed by atoms with Crippen molar-refractivity contribution >= 4 is 5.91 Å². The van der Waals surface area contributed by atoms with Gasteiger partial charge in [0.25, 0.3) is 0 Å². The van der Waals surface area contributed by atoms with Crippen molar-refractivity contribution < 1.29 is 9.90 Å². The van der Waals surface area contributed by atoms with Crippen molar-refractivity contribution in [3.8, 4) is 0 Å². The fourth-order valence-electron chi connectivity index (χ4n) is 4.36. The molecule has 5 atom stereocenters. The Bertz CT molecular complexity index is 542. The number of aliphatic hydroxyl groups is 1. The monoisotopic (exact) mass is 271 g/mol. The minimum Gasteiger partial charge on any atom is -0.392 e. The molecule has 106 valence electrons. The first-order valence-corrected chi connectivity index (χ1v) is 7.79. The largest absolute Gasteiger partial charge is 0.392 e. The number of rotatable bonds is 3. The first-order chi connectivity index (χ1) is 9.75. The highest BCUT2D eigenvalue weighted by atomic mass is 16.3. The van der Waals surface area contributed by atoms with E-state index in [1.807, 2.05) is 0 Å². The molecule has 2 fully saturated rings. The van der Waals surface area contributed by atoms with E-state index in [9.17, 15) is 9.90 Å². The van der Waals surface area contributed by atoms with Crippen LogP contribution in [-0.4, -0.2) is 23.7 Å². The summed E-state index contributed by atoms with van der Waals surface area (Å²) in [4.78, 5) is 12.1. The summed E-state index contributed by atoms with van der Waals surface area (Å²) >= 11 is 0. The predicted octanol–water partition coefficient (Wildman–Crippen LogP) is 1.85. The number of aliphatic hydroxyl groups excluding tert-OH is 1. The van der Waals surface area contributed by atoms with Gasteiger partial charge in [-0.1, -0.05) is 24.3 Å². The highest BCUT2D eigenvalue weighted by Crippen LogP contribution is 2.60. The lowest BCUT2D eigenvalue weighted by molar-refractivity contribution is -0.127. The van der Waals surface area contributed by atoms with Crippen LogP contribution in [0.4, 0.5) is 0 Å². The summed E-state index contributed by atoms with van der Waals surface area (Å²) in [5.74, 6) is 1.92. The highest BCUT2D eigenvalue weighted by Gasteiger charge is 2.55. The molecule has 20 heavy (non-hydrogen) atoms. The fourth-order valence-corrected chi connectivity index (χ4v) is 4.36. The molecule has 0 saturated heterocycles. The van der Waals surface area contributed by atoms with E-state index in [4.69, 9.17) is 0 Å². The summed E-state index contributed by atoms with van der Waals surface area (Å²) < 4.78 is 0. The molecule has 3 aliphatic rings. The molecule has 0 radical (unpaired) electrons. The number of fused-ring (bicyclic) bond motifs is 3. The van der Waals surface area contributed by atoms with Gasteiger partial charge < -0.3 is 10.4 Å². The van der Waals surface area contributed by atoms with Crippen molar-refractivity contribution in [3.63, 3.8) is 0 Å². The topological polar surface area (TPSA) is 49.3 Å². The van der Waals surface area contributed by atoms with Crippen molar-refractivity contribution in [1.29, 1.82) is 0 Å². The summed E-state index contributed by atoms with van der Waals surface area (Å²) in [5, 5.41) is 12.8. The molecule has 0 aliphatic heterocycles. The number of benzene rings is 1. The van der Waals surface area contributed by atoms with Gasteiger partial charge >= 0.3 is 0 Å². The third kappa shape index (κ3) is 1.87. The lowest BCUT2D eigenvalue weighted by Gasteiger charge is -2.15. The Balaban J connectivity index is 1.34. The fraction of sp³-hybridized carbons (Fsp3) is 0.588. The first-order valence-electron chi connectivity index (χ1n) is 7.79. The van der Waals surface area contributed by atoms with Gasteiger partial charge in [0.15, 0.2) is 0 Å². The Morgan fingerprint density at radius 1 is 1.30 bits per heavy atom. The molecule has 5 unspecified atom stereocenters. The van der Waals surface area contributed by atoms with E-state index in [-0.39, 0.29) is 11.8 Å². The van der Waals surface area contributed by atoms with Crippen molar-refractivity contribution in [2.24, 2.45) is 17.8 Å². The van der Waals surface area contributed by atoms with Gasteiger partial charge in [0, 0.05) is 6.54 Å². The molecule has 1 aromatic carbocycles. The van der Waals surface area contributed by atoms with Crippen molar-refractivity contribution in [2.75, 3.05) is 6.54 Å². The van der Waals surface area contributed by atoms with E-state index in [2.05, 4.69) is 29.6 Å². The van der Waals surface area contributed by atoms with Crippen LogP contribution in [0.15, 0.2) is 24.3 Å². The van der Waals surface area contributed by atoms with Crippen LogP contribution >= 0.6 is 0 Å². The molecule has 3 aliphatic carbocycles. The van der Waals surface area contributed by atoms with Crippen LogP contribution in [0.1, 0.15) is 36.3 Å². The molecule has 3 heteroatoms. The summed E-state index contributed by atoms with van der Waals surface area (Å²) in [7, 11) is 0. The van der Waals surface area contributed by atoms with Crippen LogP contribution in [0.5, 0.6) is 0 Å². The van der Waals surface area contributed by atoms with E-state index in [0.29, 0.717) is 11.8 Å². The first kappa shape index (κ1) is 12.4. The van der Waals surface area contributed by atoms with Gasteiger partial charge in [-0.15, -0.1) is 0 Å². The number of hydrogen-bond acceptors (Lipinski definition) is 2. The van der Waals surface area contributed by atoms with E-state index < -0.39 is 6.10 Å². The van der Waals surface area contributed by atoms with Gasteiger partial charge in [-0.25, -0.2) is 0 Å².